The number of carbonyl (C=O) groups is 2. The Morgan fingerprint density at radius 2 is 1.61 bits per heavy atom. The van der Waals surface area contributed by atoms with Crippen LogP contribution in [0.4, 0.5) is 0 Å². The van der Waals surface area contributed by atoms with E-state index in [4.69, 9.17) is 0 Å². The van der Waals surface area contributed by atoms with Gasteiger partial charge in [-0.3, -0.25) is 9.59 Å². The highest BCUT2D eigenvalue weighted by Gasteiger charge is 2.23. The summed E-state index contributed by atoms with van der Waals surface area (Å²) in [6.07, 6.45) is 8.25. The fourth-order valence-electron chi connectivity index (χ4n) is 2.74. The number of nitrogens with one attached hydrogen (secondary N) is 1. The molecule has 1 saturated carbocycles. The molecule has 3 nitrogen and oxygen atoms in total. The topological polar surface area (TPSA) is 46.2 Å². The molecule has 0 bridgehead atoms. The third kappa shape index (κ3) is 5.65. The van der Waals surface area contributed by atoms with Gasteiger partial charge < -0.3 is 5.32 Å². The summed E-state index contributed by atoms with van der Waals surface area (Å²) in [7, 11) is 0. The van der Waals surface area contributed by atoms with Crippen LogP contribution in [0.3, 0.4) is 0 Å². The molecule has 0 atom stereocenters. The van der Waals surface area contributed by atoms with Gasteiger partial charge in [0.15, 0.2) is 0 Å². The van der Waals surface area contributed by atoms with Crippen molar-refractivity contribution in [1.82, 2.24) is 5.32 Å². The summed E-state index contributed by atoms with van der Waals surface area (Å²) < 4.78 is 0. The highest BCUT2D eigenvalue weighted by atomic mass is 16.1. The number of rotatable bonds is 7. The Morgan fingerprint density at radius 1 is 1.00 bits per heavy atom. The van der Waals surface area contributed by atoms with E-state index in [2.05, 4.69) is 12.2 Å². The van der Waals surface area contributed by atoms with Crippen LogP contribution in [0.15, 0.2) is 0 Å². The molecular formula is C15H27NO2. The van der Waals surface area contributed by atoms with E-state index >= 15 is 0 Å². The molecular weight excluding hydrogens is 226 g/mol. The highest BCUT2D eigenvalue weighted by molar-refractivity contribution is 5.78. The second-order valence-corrected chi connectivity index (χ2v) is 5.53. The fraction of sp³-hybridized carbons (Fsp3) is 0.867. The minimum absolute atomic E-state index is 0.183. The maximum Gasteiger partial charge on any atom is 0.220 e. The summed E-state index contributed by atoms with van der Waals surface area (Å²) in [5.41, 5.74) is 0. The largest absolute Gasteiger partial charge is 0.353 e. The average molecular weight is 253 g/mol. The minimum Gasteiger partial charge on any atom is -0.353 e. The molecule has 0 saturated heterocycles. The number of Topliss-reactive ketones (excluding diaryl/α,β-unsaturated/α-hetero) is 1. The maximum atomic E-state index is 11.6. The Kier molecular flexibility index (Phi) is 6.99. The van der Waals surface area contributed by atoms with Crippen molar-refractivity contribution in [2.24, 2.45) is 5.92 Å². The number of hydrogen-bond donors (Lipinski definition) is 1. The van der Waals surface area contributed by atoms with Crippen LogP contribution in [0.25, 0.3) is 0 Å². The third-order valence-corrected chi connectivity index (χ3v) is 3.73. The van der Waals surface area contributed by atoms with Crippen LogP contribution in [0.1, 0.15) is 71.6 Å². The Morgan fingerprint density at radius 3 is 2.17 bits per heavy atom. The second kappa shape index (κ2) is 8.28. The lowest BCUT2D eigenvalue weighted by molar-refractivity contribution is -0.123. The first-order valence-corrected chi connectivity index (χ1v) is 7.46. The van der Waals surface area contributed by atoms with Gasteiger partial charge in [-0.2, -0.15) is 0 Å². The van der Waals surface area contributed by atoms with E-state index in [-0.39, 0.29) is 5.91 Å². The molecule has 1 aliphatic rings. The average Bonchev–Trinajstić information content (AvgIpc) is 2.32. The van der Waals surface area contributed by atoms with Crippen molar-refractivity contribution in [3.63, 3.8) is 0 Å². The van der Waals surface area contributed by atoms with Gasteiger partial charge in [-0.15, -0.1) is 0 Å². The van der Waals surface area contributed by atoms with E-state index in [0.29, 0.717) is 24.2 Å². The van der Waals surface area contributed by atoms with Gasteiger partial charge >= 0.3 is 0 Å². The highest BCUT2D eigenvalue weighted by Crippen LogP contribution is 2.27. The van der Waals surface area contributed by atoms with Crippen LogP contribution in [-0.2, 0) is 9.59 Å². The SMILES string of the molecule is CCCC(=O)CC1CCC(NC(=O)CCC)CC1. The van der Waals surface area contributed by atoms with Crippen LogP contribution >= 0.6 is 0 Å². The molecule has 0 aliphatic heterocycles. The Balaban J connectivity index is 2.20. The molecule has 1 amide bonds. The van der Waals surface area contributed by atoms with E-state index in [1.54, 1.807) is 0 Å². The summed E-state index contributed by atoms with van der Waals surface area (Å²) in [5, 5.41) is 3.09. The van der Waals surface area contributed by atoms with Crippen molar-refractivity contribution < 1.29 is 9.59 Å². The maximum absolute atomic E-state index is 11.6. The molecule has 0 unspecified atom stereocenters. The van der Waals surface area contributed by atoms with Crippen molar-refractivity contribution in [2.45, 2.75) is 77.7 Å². The molecule has 0 aromatic heterocycles. The zero-order valence-electron chi connectivity index (χ0n) is 11.8. The molecule has 1 fully saturated rings. The minimum atomic E-state index is 0.183. The molecule has 0 radical (unpaired) electrons. The van der Waals surface area contributed by atoms with Crippen LogP contribution in [0, 0.1) is 5.92 Å². The van der Waals surface area contributed by atoms with Crippen LogP contribution < -0.4 is 5.32 Å². The Hall–Kier alpha value is -0.860. The fourth-order valence-corrected chi connectivity index (χ4v) is 2.74. The van der Waals surface area contributed by atoms with E-state index < -0.39 is 0 Å². The van der Waals surface area contributed by atoms with Gasteiger partial charge in [0, 0.05) is 25.3 Å². The zero-order valence-corrected chi connectivity index (χ0v) is 11.8. The van der Waals surface area contributed by atoms with Crippen molar-refractivity contribution >= 4 is 11.7 Å². The Labute approximate surface area is 111 Å². The van der Waals surface area contributed by atoms with Gasteiger partial charge in [0.2, 0.25) is 5.91 Å². The number of amides is 1. The molecule has 0 heterocycles. The molecule has 3 heteroatoms. The summed E-state index contributed by atoms with van der Waals surface area (Å²) in [6, 6.07) is 0.349. The first kappa shape index (κ1) is 15.2. The zero-order chi connectivity index (χ0) is 13.4. The quantitative estimate of drug-likeness (QED) is 0.757. The van der Waals surface area contributed by atoms with Crippen LogP contribution in [-0.4, -0.2) is 17.7 Å². The lowest BCUT2D eigenvalue weighted by Gasteiger charge is -2.28. The van der Waals surface area contributed by atoms with Gasteiger partial charge in [0.1, 0.15) is 5.78 Å². The summed E-state index contributed by atoms with van der Waals surface area (Å²) in [6.45, 7) is 4.08. The predicted molar refractivity (Wildman–Crippen MR) is 73.3 cm³/mol. The Bertz CT molecular complexity index is 240. The van der Waals surface area contributed by atoms with Gasteiger partial charge in [-0.25, -0.2) is 0 Å². The monoisotopic (exact) mass is 253 g/mol. The van der Waals surface area contributed by atoms with Crippen molar-refractivity contribution in [1.29, 1.82) is 0 Å². The number of hydrogen-bond acceptors (Lipinski definition) is 2. The normalized spacial score (nSPS) is 23.7. The smallest absolute Gasteiger partial charge is 0.220 e. The second-order valence-electron chi connectivity index (χ2n) is 5.53. The third-order valence-electron chi connectivity index (χ3n) is 3.73. The van der Waals surface area contributed by atoms with Crippen molar-refractivity contribution in [3.8, 4) is 0 Å². The predicted octanol–water partition coefficient (Wildman–Crippen LogP) is 3.22. The molecule has 18 heavy (non-hydrogen) atoms. The molecule has 1 N–H and O–H groups in total. The standard InChI is InChI=1S/C15H27NO2/c1-3-5-14(17)11-12-7-9-13(10-8-12)16-15(18)6-4-2/h12-13H,3-11H2,1-2H3,(H,16,18). The molecule has 0 aromatic carbocycles. The van der Waals surface area contributed by atoms with E-state index in [1.165, 1.54) is 0 Å². The lowest BCUT2D eigenvalue weighted by atomic mass is 9.82. The number of ketones is 1. The summed E-state index contributed by atoms with van der Waals surface area (Å²) in [4.78, 5) is 23.1. The van der Waals surface area contributed by atoms with Gasteiger partial charge in [-0.1, -0.05) is 13.8 Å². The molecule has 1 aliphatic carbocycles. The van der Waals surface area contributed by atoms with Crippen LogP contribution in [0.2, 0.25) is 0 Å². The molecule has 0 spiro atoms. The molecule has 0 aromatic rings. The molecule has 1 rings (SSSR count). The summed E-state index contributed by atoms with van der Waals surface area (Å²) >= 11 is 0. The first-order valence-electron chi connectivity index (χ1n) is 7.46. The lowest BCUT2D eigenvalue weighted by Crippen LogP contribution is -2.37. The van der Waals surface area contributed by atoms with Gasteiger partial charge in [0.05, 0.1) is 0 Å². The van der Waals surface area contributed by atoms with Crippen LogP contribution in [0.5, 0.6) is 0 Å². The van der Waals surface area contributed by atoms with Gasteiger partial charge in [0.25, 0.3) is 0 Å². The van der Waals surface area contributed by atoms with E-state index in [0.717, 1.165) is 51.4 Å². The van der Waals surface area contributed by atoms with E-state index in [9.17, 15) is 9.59 Å². The van der Waals surface area contributed by atoms with E-state index in [1.807, 2.05) is 6.92 Å². The van der Waals surface area contributed by atoms with Crippen molar-refractivity contribution in [2.75, 3.05) is 0 Å². The number of carbonyl (C=O) groups excluding carboxylic acids is 2. The van der Waals surface area contributed by atoms with Crippen molar-refractivity contribution in [3.05, 3.63) is 0 Å². The van der Waals surface area contributed by atoms with Gasteiger partial charge in [-0.05, 0) is 44.4 Å². The summed E-state index contributed by atoms with van der Waals surface area (Å²) in [5.74, 6) is 1.15. The molecule has 104 valence electrons. The first-order chi connectivity index (χ1) is 8.65.